The Morgan fingerprint density at radius 3 is 2.40 bits per heavy atom. The third-order valence-electron chi connectivity index (χ3n) is 8.28. The van der Waals surface area contributed by atoms with Crippen LogP contribution in [-0.4, -0.2) is 28.1 Å². The Labute approximate surface area is 239 Å². The van der Waals surface area contributed by atoms with E-state index in [1.165, 1.54) is 0 Å². The van der Waals surface area contributed by atoms with Crippen molar-refractivity contribution in [3.63, 3.8) is 0 Å². The molecule has 0 saturated heterocycles. The maximum absolute atomic E-state index is 13.7. The lowest BCUT2D eigenvalue weighted by molar-refractivity contribution is -0.124. The first-order chi connectivity index (χ1) is 19.4. The van der Waals surface area contributed by atoms with Crippen LogP contribution in [0.5, 0.6) is 0 Å². The fourth-order valence-electron chi connectivity index (χ4n) is 6.19. The zero-order chi connectivity index (χ0) is 27.9. The molecule has 40 heavy (non-hydrogen) atoms. The highest BCUT2D eigenvalue weighted by Crippen LogP contribution is 2.40. The van der Waals surface area contributed by atoms with Crippen LogP contribution in [0.4, 0.5) is 0 Å². The standard InChI is InChI=1S/C35H42N4O/c1-24(2)19-32-17-18-36-33(39-32)21-26-9-11-29(12-10-26)34(35(40)38-22-27-7-5-4-6-8-27)30-15-13-28(14-16-30)31-20-25(3)37-23-31/h4-8,13-18,20,23-26,29,34H,9-12,19,21-22H2,1-3H3,(H,38,40). The second-order valence-corrected chi connectivity index (χ2v) is 12.0. The SMILES string of the molecule is CC(C)Cc1ccnc(CC2CCC(C(C(=O)NCc3ccccc3)c3ccc(C4=CC(C)N=C4)cc3)CC2)n1. The van der Waals surface area contributed by atoms with Gasteiger partial charge in [0.1, 0.15) is 5.82 Å². The van der Waals surface area contributed by atoms with Gasteiger partial charge in [-0.15, -0.1) is 0 Å². The molecule has 2 aromatic carbocycles. The Kier molecular flexibility index (Phi) is 9.20. The second kappa shape index (κ2) is 13.2. The molecule has 1 aliphatic heterocycles. The summed E-state index contributed by atoms with van der Waals surface area (Å²) < 4.78 is 0. The summed E-state index contributed by atoms with van der Waals surface area (Å²) >= 11 is 0. The van der Waals surface area contributed by atoms with Crippen molar-refractivity contribution in [2.24, 2.45) is 22.7 Å². The largest absolute Gasteiger partial charge is 0.351 e. The molecule has 0 bridgehead atoms. The van der Waals surface area contributed by atoms with Crippen LogP contribution in [0.15, 0.2) is 77.9 Å². The zero-order valence-corrected chi connectivity index (χ0v) is 24.1. The fourth-order valence-corrected chi connectivity index (χ4v) is 6.19. The van der Waals surface area contributed by atoms with Gasteiger partial charge in [0.2, 0.25) is 5.91 Å². The molecule has 2 aliphatic rings. The molecule has 5 rings (SSSR count). The van der Waals surface area contributed by atoms with Crippen molar-refractivity contribution in [2.45, 2.75) is 77.8 Å². The Bertz CT molecular complexity index is 1320. The van der Waals surface area contributed by atoms with Gasteiger partial charge in [-0.05, 0) is 85.1 Å². The monoisotopic (exact) mass is 534 g/mol. The number of hydrogen-bond acceptors (Lipinski definition) is 4. The smallest absolute Gasteiger partial charge is 0.228 e. The maximum Gasteiger partial charge on any atom is 0.228 e. The third kappa shape index (κ3) is 7.32. The van der Waals surface area contributed by atoms with Gasteiger partial charge < -0.3 is 5.32 Å². The molecular formula is C35H42N4O. The lowest BCUT2D eigenvalue weighted by Crippen LogP contribution is -2.35. The minimum absolute atomic E-state index is 0.125. The van der Waals surface area contributed by atoms with Crippen molar-refractivity contribution in [2.75, 3.05) is 0 Å². The van der Waals surface area contributed by atoms with E-state index in [1.54, 1.807) is 0 Å². The number of amides is 1. The van der Waals surface area contributed by atoms with Gasteiger partial charge in [0.05, 0.1) is 12.0 Å². The van der Waals surface area contributed by atoms with Crippen LogP contribution in [0, 0.1) is 17.8 Å². The average molecular weight is 535 g/mol. The molecule has 1 amide bonds. The second-order valence-electron chi connectivity index (χ2n) is 12.0. The van der Waals surface area contributed by atoms with E-state index in [9.17, 15) is 4.79 Å². The van der Waals surface area contributed by atoms with Gasteiger partial charge in [0.25, 0.3) is 0 Å². The van der Waals surface area contributed by atoms with E-state index in [4.69, 9.17) is 4.98 Å². The van der Waals surface area contributed by atoms with E-state index in [0.717, 1.165) is 72.3 Å². The lowest BCUT2D eigenvalue weighted by Gasteiger charge is -2.33. The van der Waals surface area contributed by atoms with Crippen LogP contribution < -0.4 is 5.32 Å². The van der Waals surface area contributed by atoms with Gasteiger partial charge >= 0.3 is 0 Å². The first-order valence-electron chi connectivity index (χ1n) is 14.9. The summed E-state index contributed by atoms with van der Waals surface area (Å²) in [6.45, 7) is 7.10. The number of benzene rings is 2. The molecule has 2 heterocycles. The Morgan fingerprint density at radius 2 is 1.73 bits per heavy atom. The summed E-state index contributed by atoms with van der Waals surface area (Å²) in [6, 6.07) is 21.0. The first kappa shape index (κ1) is 27.9. The van der Waals surface area contributed by atoms with E-state index in [0.29, 0.717) is 24.3 Å². The van der Waals surface area contributed by atoms with Gasteiger partial charge in [0.15, 0.2) is 0 Å². The minimum Gasteiger partial charge on any atom is -0.351 e. The molecule has 1 fully saturated rings. The molecule has 0 spiro atoms. The summed E-state index contributed by atoms with van der Waals surface area (Å²) in [5, 5.41) is 3.25. The summed E-state index contributed by atoms with van der Waals surface area (Å²) in [5.74, 6) is 2.40. The van der Waals surface area contributed by atoms with Crippen molar-refractivity contribution >= 4 is 17.7 Å². The van der Waals surface area contributed by atoms with Gasteiger partial charge in [-0.3, -0.25) is 9.79 Å². The molecular weight excluding hydrogens is 492 g/mol. The third-order valence-corrected chi connectivity index (χ3v) is 8.28. The number of hydrogen-bond donors (Lipinski definition) is 1. The van der Waals surface area contributed by atoms with Crippen LogP contribution in [0.2, 0.25) is 0 Å². The molecule has 1 aliphatic carbocycles. The molecule has 2 unspecified atom stereocenters. The van der Waals surface area contributed by atoms with E-state index >= 15 is 0 Å². The minimum atomic E-state index is -0.158. The molecule has 2 atom stereocenters. The van der Waals surface area contributed by atoms with E-state index in [2.05, 4.69) is 78.5 Å². The van der Waals surface area contributed by atoms with Crippen LogP contribution in [-0.2, 0) is 24.2 Å². The van der Waals surface area contributed by atoms with Crippen LogP contribution in [0.3, 0.4) is 0 Å². The number of aliphatic imine (C=N–C) groups is 1. The first-order valence-corrected chi connectivity index (χ1v) is 14.9. The molecule has 1 aromatic heterocycles. The molecule has 1 N–H and O–H groups in total. The van der Waals surface area contributed by atoms with Gasteiger partial charge in [-0.25, -0.2) is 9.97 Å². The highest BCUT2D eigenvalue weighted by atomic mass is 16.1. The molecule has 5 nitrogen and oxygen atoms in total. The lowest BCUT2D eigenvalue weighted by atomic mass is 9.72. The summed E-state index contributed by atoms with van der Waals surface area (Å²) in [6.07, 6.45) is 12.2. The number of nitrogens with one attached hydrogen (secondary N) is 1. The van der Waals surface area contributed by atoms with Crippen LogP contribution >= 0.6 is 0 Å². The molecule has 0 radical (unpaired) electrons. The number of nitrogens with zero attached hydrogens (tertiary/aromatic N) is 3. The zero-order valence-electron chi connectivity index (χ0n) is 24.1. The number of carbonyl (C=O) groups is 1. The highest BCUT2D eigenvalue weighted by Gasteiger charge is 2.33. The van der Waals surface area contributed by atoms with Gasteiger partial charge in [0, 0.05) is 31.1 Å². The summed E-state index contributed by atoms with van der Waals surface area (Å²) in [5.41, 5.74) is 5.68. The molecule has 3 aromatic rings. The van der Waals surface area contributed by atoms with E-state index in [-0.39, 0.29) is 17.9 Å². The normalized spacial score (nSPS) is 21.3. The maximum atomic E-state index is 13.7. The highest BCUT2D eigenvalue weighted by molar-refractivity contribution is 6.11. The predicted molar refractivity (Wildman–Crippen MR) is 163 cm³/mol. The Morgan fingerprint density at radius 1 is 0.975 bits per heavy atom. The number of carbonyl (C=O) groups excluding carboxylic acids is 1. The van der Waals surface area contributed by atoms with Crippen molar-refractivity contribution in [1.29, 1.82) is 0 Å². The number of allylic oxidation sites excluding steroid dienone is 1. The molecule has 1 saturated carbocycles. The molecule has 5 heteroatoms. The van der Waals surface area contributed by atoms with Crippen molar-refractivity contribution in [3.8, 4) is 0 Å². The van der Waals surface area contributed by atoms with Crippen LogP contribution in [0.1, 0.15) is 80.6 Å². The molecule has 208 valence electrons. The van der Waals surface area contributed by atoms with Crippen molar-refractivity contribution < 1.29 is 4.79 Å². The van der Waals surface area contributed by atoms with Crippen molar-refractivity contribution in [3.05, 3.63) is 101 Å². The van der Waals surface area contributed by atoms with Crippen molar-refractivity contribution in [1.82, 2.24) is 15.3 Å². The summed E-state index contributed by atoms with van der Waals surface area (Å²) in [7, 11) is 0. The quantitative estimate of drug-likeness (QED) is 0.305. The predicted octanol–water partition coefficient (Wildman–Crippen LogP) is 6.98. The summed E-state index contributed by atoms with van der Waals surface area (Å²) in [4.78, 5) is 27.6. The topological polar surface area (TPSA) is 67.2 Å². The average Bonchev–Trinajstić information content (AvgIpc) is 3.40. The Hall–Kier alpha value is -3.60. The Balaban J connectivity index is 1.27. The number of rotatable bonds is 10. The van der Waals surface area contributed by atoms with Gasteiger partial charge in [-0.2, -0.15) is 0 Å². The van der Waals surface area contributed by atoms with Crippen LogP contribution in [0.25, 0.3) is 5.57 Å². The fraction of sp³-hybridized carbons (Fsp3) is 0.429. The number of aromatic nitrogens is 2. The van der Waals surface area contributed by atoms with E-state index in [1.807, 2.05) is 36.7 Å². The van der Waals surface area contributed by atoms with Gasteiger partial charge in [-0.1, -0.05) is 74.5 Å². The van der Waals surface area contributed by atoms with E-state index < -0.39 is 0 Å².